The number of ether oxygens (including phenoxy) is 1. The number of aliphatic hydroxyl groups is 1. The van der Waals surface area contributed by atoms with Crippen LogP contribution in [0, 0.1) is 0 Å². The molecule has 0 bridgehead atoms. The maximum atomic E-state index is 11.8. The molecule has 0 aliphatic heterocycles. The Morgan fingerprint density at radius 3 is 2.84 bits per heavy atom. The molecule has 1 amide bonds. The fraction of sp³-hybridized carbons (Fsp3) is 0.462. The molecular formula is C13H21N3O3. The van der Waals surface area contributed by atoms with Gasteiger partial charge in [0.2, 0.25) is 5.91 Å². The Balaban J connectivity index is 2.62. The van der Waals surface area contributed by atoms with Crippen molar-refractivity contribution in [3.8, 4) is 5.75 Å². The number of methoxy groups -OCH3 is 1. The summed E-state index contributed by atoms with van der Waals surface area (Å²) in [5.74, 6) is 0.345. The number of nitrogens with zero attached hydrogens (tertiary/aromatic N) is 1. The SMILES string of the molecule is COc1cc(N)ccc1NC(=O)CN(C)CC(C)O. The van der Waals surface area contributed by atoms with Gasteiger partial charge in [-0.1, -0.05) is 0 Å². The lowest BCUT2D eigenvalue weighted by Crippen LogP contribution is -2.34. The Kier molecular flexibility index (Phi) is 5.59. The zero-order chi connectivity index (χ0) is 14.4. The molecule has 106 valence electrons. The fourth-order valence-corrected chi connectivity index (χ4v) is 1.76. The van der Waals surface area contributed by atoms with Crippen molar-refractivity contribution in [2.45, 2.75) is 13.0 Å². The molecule has 0 heterocycles. The van der Waals surface area contributed by atoms with Gasteiger partial charge in [-0.3, -0.25) is 9.69 Å². The molecule has 0 saturated carbocycles. The van der Waals surface area contributed by atoms with Crippen LogP contribution in [0.25, 0.3) is 0 Å². The maximum Gasteiger partial charge on any atom is 0.238 e. The van der Waals surface area contributed by atoms with Gasteiger partial charge in [-0.2, -0.15) is 0 Å². The molecule has 0 spiro atoms. The highest BCUT2D eigenvalue weighted by Crippen LogP contribution is 2.26. The highest BCUT2D eigenvalue weighted by molar-refractivity contribution is 5.94. The van der Waals surface area contributed by atoms with Gasteiger partial charge in [0.25, 0.3) is 0 Å². The number of anilines is 2. The number of carbonyl (C=O) groups excluding carboxylic acids is 1. The molecule has 0 aliphatic carbocycles. The lowest BCUT2D eigenvalue weighted by Gasteiger charge is -2.18. The Morgan fingerprint density at radius 2 is 2.26 bits per heavy atom. The minimum absolute atomic E-state index is 0.175. The largest absolute Gasteiger partial charge is 0.494 e. The van der Waals surface area contributed by atoms with Crippen molar-refractivity contribution < 1.29 is 14.6 Å². The van der Waals surface area contributed by atoms with E-state index in [9.17, 15) is 9.90 Å². The topological polar surface area (TPSA) is 87.8 Å². The highest BCUT2D eigenvalue weighted by Gasteiger charge is 2.11. The van der Waals surface area contributed by atoms with Crippen LogP contribution in [0.4, 0.5) is 11.4 Å². The normalized spacial score (nSPS) is 12.3. The number of nitrogens with one attached hydrogen (secondary N) is 1. The lowest BCUT2D eigenvalue weighted by atomic mass is 10.2. The zero-order valence-corrected chi connectivity index (χ0v) is 11.5. The minimum atomic E-state index is -0.469. The van der Waals surface area contributed by atoms with Crippen LogP contribution in [0.15, 0.2) is 18.2 Å². The summed E-state index contributed by atoms with van der Waals surface area (Å²) in [6.07, 6.45) is -0.469. The van der Waals surface area contributed by atoms with Gasteiger partial charge < -0.3 is 20.9 Å². The second-order valence-corrected chi connectivity index (χ2v) is 4.55. The van der Waals surface area contributed by atoms with Gasteiger partial charge in [-0.15, -0.1) is 0 Å². The first-order valence-electron chi connectivity index (χ1n) is 6.02. The number of carbonyl (C=O) groups is 1. The van der Waals surface area contributed by atoms with Gasteiger partial charge in [0.15, 0.2) is 0 Å². The molecule has 0 aromatic heterocycles. The first kappa shape index (κ1) is 15.3. The standard InChI is InChI=1S/C13H21N3O3/c1-9(17)7-16(2)8-13(18)15-11-5-4-10(14)6-12(11)19-3/h4-6,9,17H,7-8,14H2,1-3H3,(H,15,18). The molecule has 0 fully saturated rings. The van der Waals surface area contributed by atoms with Crippen molar-refractivity contribution in [3.63, 3.8) is 0 Å². The van der Waals surface area contributed by atoms with Crippen LogP contribution >= 0.6 is 0 Å². The first-order valence-corrected chi connectivity index (χ1v) is 6.02. The number of rotatable bonds is 6. The Hall–Kier alpha value is -1.79. The van der Waals surface area contributed by atoms with E-state index < -0.39 is 6.10 Å². The number of nitrogens with two attached hydrogens (primary N) is 1. The molecule has 1 aromatic carbocycles. The van der Waals surface area contributed by atoms with Gasteiger partial charge in [0.1, 0.15) is 5.75 Å². The predicted octanol–water partition coefficient (Wildman–Crippen LogP) is 0.528. The van der Waals surface area contributed by atoms with Gasteiger partial charge >= 0.3 is 0 Å². The van der Waals surface area contributed by atoms with Crippen LogP contribution in [-0.4, -0.2) is 49.3 Å². The van der Waals surface area contributed by atoms with Crippen molar-refractivity contribution in [2.75, 3.05) is 38.3 Å². The monoisotopic (exact) mass is 267 g/mol. The van der Waals surface area contributed by atoms with Crippen LogP contribution < -0.4 is 15.8 Å². The molecule has 1 atom stereocenters. The van der Waals surface area contributed by atoms with E-state index in [-0.39, 0.29) is 12.5 Å². The Labute approximate surface area is 113 Å². The summed E-state index contributed by atoms with van der Waals surface area (Å²) in [4.78, 5) is 13.6. The van der Waals surface area contributed by atoms with Gasteiger partial charge in [-0.05, 0) is 26.1 Å². The fourth-order valence-electron chi connectivity index (χ4n) is 1.76. The summed E-state index contributed by atoms with van der Waals surface area (Å²) >= 11 is 0. The molecule has 0 radical (unpaired) electrons. The second kappa shape index (κ2) is 6.96. The van der Waals surface area contributed by atoms with Crippen molar-refractivity contribution in [1.82, 2.24) is 4.90 Å². The van der Waals surface area contributed by atoms with Gasteiger partial charge in [0.05, 0.1) is 25.4 Å². The molecule has 0 aliphatic rings. The predicted molar refractivity (Wildman–Crippen MR) is 75.2 cm³/mol. The summed E-state index contributed by atoms with van der Waals surface area (Å²) in [5, 5.41) is 12.0. The van der Waals surface area contributed by atoms with Gasteiger partial charge in [-0.25, -0.2) is 0 Å². The quantitative estimate of drug-likeness (QED) is 0.654. The average Bonchev–Trinajstić information content (AvgIpc) is 2.30. The molecular weight excluding hydrogens is 246 g/mol. The zero-order valence-electron chi connectivity index (χ0n) is 11.5. The minimum Gasteiger partial charge on any atom is -0.494 e. The Bertz CT molecular complexity index is 435. The molecule has 4 N–H and O–H groups in total. The Morgan fingerprint density at radius 1 is 1.58 bits per heavy atom. The highest BCUT2D eigenvalue weighted by atomic mass is 16.5. The van der Waals surface area contributed by atoms with Gasteiger partial charge in [0, 0.05) is 18.3 Å². The van der Waals surface area contributed by atoms with Crippen LogP contribution in [0.5, 0.6) is 5.75 Å². The molecule has 1 unspecified atom stereocenters. The molecule has 6 nitrogen and oxygen atoms in total. The number of nitrogen functional groups attached to an aromatic ring is 1. The van der Waals surface area contributed by atoms with Crippen molar-refractivity contribution in [3.05, 3.63) is 18.2 Å². The molecule has 0 saturated heterocycles. The number of amides is 1. The van der Waals surface area contributed by atoms with Crippen molar-refractivity contribution in [2.24, 2.45) is 0 Å². The molecule has 1 aromatic rings. The van der Waals surface area contributed by atoms with E-state index in [4.69, 9.17) is 10.5 Å². The van der Waals surface area contributed by atoms with E-state index in [1.165, 1.54) is 7.11 Å². The van der Waals surface area contributed by atoms with E-state index in [1.807, 2.05) is 0 Å². The van der Waals surface area contributed by atoms with Crippen molar-refractivity contribution >= 4 is 17.3 Å². The van der Waals surface area contributed by atoms with E-state index >= 15 is 0 Å². The third kappa shape index (κ3) is 5.15. The number of benzene rings is 1. The third-order valence-electron chi connectivity index (χ3n) is 2.49. The van der Waals surface area contributed by atoms with Crippen LogP contribution in [-0.2, 0) is 4.79 Å². The average molecular weight is 267 g/mol. The summed E-state index contributed by atoms with van der Waals surface area (Å²) in [7, 11) is 3.29. The lowest BCUT2D eigenvalue weighted by molar-refractivity contribution is -0.117. The maximum absolute atomic E-state index is 11.8. The first-order chi connectivity index (χ1) is 8.92. The van der Waals surface area contributed by atoms with E-state index in [2.05, 4.69) is 5.32 Å². The molecule has 1 rings (SSSR count). The third-order valence-corrected chi connectivity index (χ3v) is 2.49. The smallest absolute Gasteiger partial charge is 0.238 e. The van der Waals surface area contributed by atoms with E-state index in [0.29, 0.717) is 23.7 Å². The molecule has 6 heteroatoms. The number of aliphatic hydroxyl groups excluding tert-OH is 1. The summed E-state index contributed by atoms with van der Waals surface area (Å²) in [6.45, 7) is 2.31. The van der Waals surface area contributed by atoms with Crippen LogP contribution in [0.3, 0.4) is 0 Å². The molecule has 19 heavy (non-hydrogen) atoms. The van der Waals surface area contributed by atoms with E-state index in [1.54, 1.807) is 37.1 Å². The van der Waals surface area contributed by atoms with Crippen LogP contribution in [0.2, 0.25) is 0 Å². The summed E-state index contributed by atoms with van der Waals surface area (Å²) < 4.78 is 5.15. The second-order valence-electron chi connectivity index (χ2n) is 4.55. The number of hydrogen-bond acceptors (Lipinski definition) is 5. The summed E-state index contributed by atoms with van der Waals surface area (Å²) in [6, 6.07) is 5.04. The van der Waals surface area contributed by atoms with Crippen molar-refractivity contribution in [1.29, 1.82) is 0 Å². The summed E-state index contributed by atoms with van der Waals surface area (Å²) in [5.41, 5.74) is 6.79. The van der Waals surface area contributed by atoms with E-state index in [0.717, 1.165) is 0 Å². The number of hydrogen-bond donors (Lipinski definition) is 3. The van der Waals surface area contributed by atoms with Crippen LogP contribution in [0.1, 0.15) is 6.92 Å². The number of likely N-dealkylation sites (N-methyl/N-ethyl adjacent to an activating group) is 1.